The Morgan fingerprint density at radius 1 is 0.805 bits per heavy atom. The Morgan fingerprint density at radius 2 is 1.56 bits per heavy atom. The third kappa shape index (κ3) is 5.00. The van der Waals surface area contributed by atoms with Gasteiger partial charge < -0.3 is 19.5 Å². The number of hydrogen-bond acceptors (Lipinski definition) is 3. The molecule has 6 heteroatoms. The maximum atomic E-state index is 6.18. The zero-order valence-electron chi connectivity index (χ0n) is 24.1. The Morgan fingerprint density at radius 3 is 2.29 bits per heavy atom. The van der Waals surface area contributed by atoms with Crippen molar-refractivity contribution in [3.63, 3.8) is 0 Å². The molecule has 5 nitrogen and oxygen atoms in total. The van der Waals surface area contributed by atoms with Gasteiger partial charge in [-0.1, -0.05) is 36.4 Å². The summed E-state index contributed by atoms with van der Waals surface area (Å²) in [5.41, 5.74) is 10.3. The molecule has 1 saturated heterocycles. The fraction of sp³-hybridized carbons (Fsp3) is 0.200. The molecule has 6 rings (SSSR count). The van der Waals surface area contributed by atoms with Crippen LogP contribution in [0.3, 0.4) is 0 Å². The molecule has 1 N–H and O–H groups in total. The molecule has 206 valence electrons. The van der Waals surface area contributed by atoms with Crippen molar-refractivity contribution in [2.75, 3.05) is 4.90 Å². The van der Waals surface area contributed by atoms with Gasteiger partial charge in [-0.25, -0.2) is 0 Å². The third-order valence-electron chi connectivity index (χ3n) is 7.93. The molecule has 0 spiro atoms. The van der Waals surface area contributed by atoms with E-state index < -0.39 is 0 Å². The highest BCUT2D eigenvalue weighted by Gasteiger charge is 2.42. The highest BCUT2D eigenvalue weighted by atomic mass is 32.1. The number of benzene rings is 3. The van der Waals surface area contributed by atoms with Crippen LogP contribution >= 0.6 is 12.2 Å². The van der Waals surface area contributed by atoms with Gasteiger partial charge in [-0.15, -0.1) is 0 Å². The Bertz CT molecular complexity index is 1730. The number of pyridine rings is 1. The number of rotatable bonds is 6. The number of aryl methyl sites for hydroxylation is 4. The molecule has 1 fully saturated rings. The first-order valence-corrected chi connectivity index (χ1v) is 14.3. The van der Waals surface area contributed by atoms with Crippen LogP contribution in [0.5, 0.6) is 11.5 Å². The molecule has 41 heavy (non-hydrogen) atoms. The second-order valence-electron chi connectivity index (χ2n) is 10.8. The Kier molecular flexibility index (Phi) is 7.10. The number of nitrogens with one attached hydrogen (secondary N) is 1. The van der Waals surface area contributed by atoms with Gasteiger partial charge in [0.05, 0.1) is 17.8 Å². The lowest BCUT2D eigenvalue weighted by molar-refractivity contribution is 0.479. The van der Waals surface area contributed by atoms with E-state index >= 15 is 0 Å². The van der Waals surface area contributed by atoms with Crippen LogP contribution in [0.4, 0.5) is 5.69 Å². The quantitative estimate of drug-likeness (QED) is 0.212. The van der Waals surface area contributed by atoms with Gasteiger partial charge in [0.1, 0.15) is 11.5 Å². The topological polar surface area (TPSA) is 42.3 Å². The number of ether oxygens (including phenoxy) is 1. The van der Waals surface area contributed by atoms with Crippen LogP contribution in [-0.4, -0.2) is 14.7 Å². The lowest BCUT2D eigenvalue weighted by atomic mass is 9.96. The summed E-state index contributed by atoms with van der Waals surface area (Å²) in [4.78, 5) is 6.96. The molecule has 2 atom stereocenters. The van der Waals surface area contributed by atoms with E-state index in [4.69, 9.17) is 21.9 Å². The van der Waals surface area contributed by atoms with Crippen molar-refractivity contribution >= 4 is 23.0 Å². The normalized spacial score (nSPS) is 16.6. The average molecular weight is 559 g/mol. The minimum absolute atomic E-state index is 0.0920. The van der Waals surface area contributed by atoms with Crippen molar-refractivity contribution in [1.29, 1.82) is 0 Å². The first-order chi connectivity index (χ1) is 19.8. The van der Waals surface area contributed by atoms with Crippen LogP contribution < -0.4 is 15.0 Å². The van der Waals surface area contributed by atoms with Crippen LogP contribution in [0.2, 0.25) is 0 Å². The van der Waals surface area contributed by atoms with Crippen LogP contribution in [0.1, 0.15) is 51.4 Å². The van der Waals surface area contributed by atoms with Gasteiger partial charge in [-0.2, -0.15) is 0 Å². The molecule has 0 unspecified atom stereocenters. The van der Waals surface area contributed by atoms with E-state index in [0.29, 0.717) is 5.11 Å². The summed E-state index contributed by atoms with van der Waals surface area (Å²) in [7, 11) is 0. The van der Waals surface area contributed by atoms with E-state index in [9.17, 15) is 0 Å². The highest BCUT2D eigenvalue weighted by Crippen LogP contribution is 2.44. The fourth-order valence-electron chi connectivity index (χ4n) is 5.84. The fourth-order valence-corrected chi connectivity index (χ4v) is 6.19. The average Bonchev–Trinajstić information content (AvgIpc) is 3.47. The monoisotopic (exact) mass is 558 g/mol. The van der Waals surface area contributed by atoms with Crippen molar-refractivity contribution < 1.29 is 4.74 Å². The van der Waals surface area contributed by atoms with Gasteiger partial charge in [-0.05, 0) is 124 Å². The predicted octanol–water partition coefficient (Wildman–Crippen LogP) is 8.38. The summed E-state index contributed by atoms with van der Waals surface area (Å²) in [5, 5.41) is 4.28. The molecule has 1 aliphatic heterocycles. The molecule has 2 aromatic heterocycles. The van der Waals surface area contributed by atoms with Crippen molar-refractivity contribution in [2.45, 2.75) is 46.7 Å². The van der Waals surface area contributed by atoms with Crippen molar-refractivity contribution in [2.24, 2.45) is 0 Å². The summed E-state index contributed by atoms with van der Waals surface area (Å²) in [6.07, 6.45) is 1.84. The Labute approximate surface area is 247 Å². The smallest absolute Gasteiger partial charge is 0.174 e. The summed E-state index contributed by atoms with van der Waals surface area (Å²) in [6.45, 7) is 10.7. The zero-order chi connectivity index (χ0) is 28.7. The van der Waals surface area contributed by atoms with Gasteiger partial charge in [0.15, 0.2) is 5.11 Å². The molecular weight excluding hydrogens is 524 g/mol. The minimum atomic E-state index is -0.112. The SMILES string of the molecule is Cc1ccc(C)c(-n2c(C)cc([C@@H]3[C@@H](c4ccccn4)NC(=S)N3c3ccc(Oc4ccccc4C)cc3)c2C)c1. The molecule has 3 heterocycles. The van der Waals surface area contributed by atoms with Crippen molar-refractivity contribution in [1.82, 2.24) is 14.9 Å². The number of anilines is 1. The zero-order valence-corrected chi connectivity index (χ0v) is 24.9. The summed E-state index contributed by atoms with van der Waals surface area (Å²) >= 11 is 5.99. The Balaban J connectivity index is 1.43. The van der Waals surface area contributed by atoms with Crippen LogP contribution in [0, 0.1) is 34.6 Å². The molecule has 0 aliphatic carbocycles. The van der Waals surface area contributed by atoms with E-state index in [1.165, 1.54) is 33.8 Å². The summed E-state index contributed by atoms with van der Waals surface area (Å²) in [5.74, 6) is 1.64. The standard InChI is InChI=1S/C35H34N4OS/c1-22-13-14-23(2)31(20-22)38-25(4)21-29(26(38)5)34-33(30-11-8-9-19-36-30)37-35(41)39(34)27-15-17-28(18-16-27)40-32-12-7-6-10-24(32)3/h6-21,33-34H,1-5H3,(H,37,41)/t33-,34-/m1/s1. The summed E-state index contributed by atoms with van der Waals surface area (Å²) < 4.78 is 8.55. The van der Waals surface area contributed by atoms with Crippen LogP contribution in [-0.2, 0) is 0 Å². The molecule has 0 bridgehead atoms. The van der Waals surface area contributed by atoms with Gasteiger partial charge in [0, 0.05) is 29.0 Å². The highest BCUT2D eigenvalue weighted by molar-refractivity contribution is 7.80. The lowest BCUT2D eigenvalue weighted by Gasteiger charge is -2.28. The molecular formula is C35H34N4OS. The largest absolute Gasteiger partial charge is 0.457 e. The van der Waals surface area contributed by atoms with E-state index in [-0.39, 0.29) is 12.1 Å². The lowest BCUT2D eigenvalue weighted by Crippen LogP contribution is -2.29. The summed E-state index contributed by atoms with van der Waals surface area (Å²) in [6, 6.07) is 31.0. The van der Waals surface area contributed by atoms with E-state index in [0.717, 1.165) is 28.4 Å². The number of nitrogens with zero attached hydrogens (tertiary/aromatic N) is 3. The number of aromatic nitrogens is 2. The van der Waals surface area contributed by atoms with E-state index in [2.05, 4.69) is 97.9 Å². The van der Waals surface area contributed by atoms with Crippen LogP contribution in [0.15, 0.2) is 97.2 Å². The van der Waals surface area contributed by atoms with Crippen LogP contribution in [0.25, 0.3) is 5.69 Å². The molecule has 0 saturated carbocycles. The Hall–Kier alpha value is -4.42. The predicted molar refractivity (Wildman–Crippen MR) is 170 cm³/mol. The number of thiocarbonyl (C=S) groups is 1. The second-order valence-corrected chi connectivity index (χ2v) is 11.2. The van der Waals surface area contributed by atoms with E-state index in [1.54, 1.807) is 0 Å². The van der Waals surface area contributed by atoms with Gasteiger partial charge in [0.25, 0.3) is 0 Å². The maximum Gasteiger partial charge on any atom is 0.174 e. The number of hydrogen-bond donors (Lipinski definition) is 1. The maximum absolute atomic E-state index is 6.18. The third-order valence-corrected chi connectivity index (χ3v) is 8.24. The molecule has 0 amide bonds. The molecule has 3 aromatic carbocycles. The molecule has 1 aliphatic rings. The first kappa shape index (κ1) is 26.8. The molecule has 5 aromatic rings. The second kappa shape index (κ2) is 10.9. The molecule has 0 radical (unpaired) electrons. The minimum Gasteiger partial charge on any atom is -0.457 e. The van der Waals surface area contributed by atoms with Gasteiger partial charge >= 0.3 is 0 Å². The van der Waals surface area contributed by atoms with Crippen molar-refractivity contribution in [3.05, 3.63) is 137 Å². The van der Waals surface area contributed by atoms with Crippen molar-refractivity contribution in [3.8, 4) is 17.2 Å². The van der Waals surface area contributed by atoms with Gasteiger partial charge in [-0.3, -0.25) is 4.98 Å². The van der Waals surface area contributed by atoms with E-state index in [1.807, 2.05) is 48.7 Å². The first-order valence-electron chi connectivity index (χ1n) is 13.9. The van der Waals surface area contributed by atoms with Gasteiger partial charge in [0.2, 0.25) is 0 Å². The number of para-hydroxylation sites is 1.